The van der Waals surface area contributed by atoms with Crippen molar-refractivity contribution >= 4 is 29.3 Å². The Labute approximate surface area is 195 Å². The van der Waals surface area contributed by atoms with Gasteiger partial charge in [-0.2, -0.15) is 0 Å². The van der Waals surface area contributed by atoms with E-state index in [9.17, 15) is 9.59 Å². The Morgan fingerprint density at radius 1 is 1.36 bits per heavy atom. The molecule has 0 bridgehead atoms. The average molecular weight is 469 g/mol. The molecule has 0 unspecified atom stereocenters. The normalized spacial score (nSPS) is 37.5. The fourth-order valence-corrected chi connectivity index (χ4v) is 7.02. The van der Waals surface area contributed by atoms with Crippen molar-refractivity contribution in [2.45, 2.75) is 38.4 Å². The molecule has 6 rings (SSSR count). The first kappa shape index (κ1) is 20.7. The standard InChI is InChI=1S/C24H24N2O6S/c1-23-15(5-7-24-12-30-20(27)16(24)3-2-4-17(23)24)21(28)32-19(23)18(14-6-10-29-11-14)31-22(33)26-9-8-25-13-26/h2-3,6,8-11,13,15-19H,4-5,7,12H2,1H3/t15-,16+,17-,18+,19+,23+,24-/m1/s1. The number of aromatic nitrogens is 2. The number of ether oxygens (including phenoxy) is 3. The monoisotopic (exact) mass is 468 g/mol. The number of carbonyl (C=O) groups is 2. The lowest BCUT2D eigenvalue weighted by atomic mass is 9.45. The molecule has 2 aromatic rings. The largest absolute Gasteiger partial charge is 0.472 e. The first-order valence-electron chi connectivity index (χ1n) is 11.2. The SMILES string of the molecule is C[C@]12[C@H](CC[C@@]34COC(=O)[C@@H]3C=CC[C@@H]41)C(=O)O[C@H]2[C@@H](OC(=S)n1ccnc1)c1ccoc1. The van der Waals surface area contributed by atoms with Gasteiger partial charge in [-0.05, 0) is 43.5 Å². The van der Waals surface area contributed by atoms with E-state index in [0.717, 1.165) is 18.4 Å². The number of allylic oxidation sites excluding steroid dienone is 1. The van der Waals surface area contributed by atoms with Crippen molar-refractivity contribution in [2.75, 3.05) is 6.61 Å². The van der Waals surface area contributed by atoms with Crippen LogP contribution >= 0.6 is 12.2 Å². The van der Waals surface area contributed by atoms with Crippen LogP contribution in [0.25, 0.3) is 0 Å². The molecule has 7 atom stereocenters. The van der Waals surface area contributed by atoms with E-state index in [0.29, 0.717) is 13.0 Å². The highest BCUT2D eigenvalue weighted by atomic mass is 32.1. The van der Waals surface area contributed by atoms with Gasteiger partial charge in [0.15, 0.2) is 6.10 Å². The highest BCUT2D eigenvalue weighted by molar-refractivity contribution is 7.80. The lowest BCUT2D eigenvalue weighted by Gasteiger charge is -2.55. The number of esters is 2. The number of thiocarbonyl (C=S) groups is 1. The topological polar surface area (TPSA) is 92.8 Å². The van der Waals surface area contributed by atoms with E-state index in [1.807, 2.05) is 6.08 Å². The number of imidazole rings is 1. The number of rotatable bonds is 3. The van der Waals surface area contributed by atoms with Gasteiger partial charge >= 0.3 is 11.9 Å². The quantitative estimate of drug-likeness (QED) is 0.384. The third-order valence-electron chi connectivity index (χ3n) is 8.38. The maximum atomic E-state index is 13.2. The molecule has 0 amide bonds. The summed E-state index contributed by atoms with van der Waals surface area (Å²) in [4.78, 5) is 29.8. The van der Waals surface area contributed by atoms with Gasteiger partial charge in [0.1, 0.15) is 12.4 Å². The molecule has 3 fully saturated rings. The second kappa shape index (κ2) is 7.28. The maximum absolute atomic E-state index is 13.2. The minimum Gasteiger partial charge on any atom is -0.472 e. The van der Waals surface area contributed by atoms with E-state index >= 15 is 0 Å². The first-order chi connectivity index (χ1) is 15.9. The van der Waals surface area contributed by atoms with Crippen molar-refractivity contribution in [2.24, 2.45) is 28.6 Å². The molecule has 2 saturated heterocycles. The van der Waals surface area contributed by atoms with Gasteiger partial charge in [0.05, 0.1) is 31.0 Å². The number of fused-ring (bicyclic) bond motifs is 2. The van der Waals surface area contributed by atoms with E-state index in [1.54, 1.807) is 41.9 Å². The van der Waals surface area contributed by atoms with Gasteiger partial charge in [-0.1, -0.05) is 19.1 Å². The van der Waals surface area contributed by atoms with E-state index in [4.69, 9.17) is 30.8 Å². The summed E-state index contributed by atoms with van der Waals surface area (Å²) >= 11 is 5.53. The molecular formula is C24H24N2O6S. The van der Waals surface area contributed by atoms with Crippen LogP contribution in [0.3, 0.4) is 0 Å². The number of hydrogen-bond donors (Lipinski definition) is 0. The van der Waals surface area contributed by atoms with Crippen molar-refractivity contribution in [1.82, 2.24) is 9.55 Å². The highest BCUT2D eigenvalue weighted by Crippen LogP contribution is 2.67. The molecule has 0 aromatic carbocycles. The molecule has 1 saturated carbocycles. The van der Waals surface area contributed by atoms with Crippen LogP contribution in [0.1, 0.15) is 37.9 Å². The van der Waals surface area contributed by atoms with Crippen LogP contribution < -0.4 is 0 Å². The predicted octanol–water partition coefficient (Wildman–Crippen LogP) is 3.44. The van der Waals surface area contributed by atoms with E-state index in [1.165, 1.54) is 0 Å². The zero-order valence-electron chi connectivity index (χ0n) is 18.1. The third-order valence-corrected chi connectivity index (χ3v) is 8.69. The highest BCUT2D eigenvalue weighted by Gasteiger charge is 2.71. The summed E-state index contributed by atoms with van der Waals surface area (Å²) in [5, 5.41) is 0.202. The van der Waals surface area contributed by atoms with E-state index in [2.05, 4.69) is 18.0 Å². The van der Waals surface area contributed by atoms with E-state index < -0.39 is 17.6 Å². The molecule has 2 aliphatic carbocycles. The number of nitrogens with zero attached hydrogens (tertiary/aromatic N) is 2. The van der Waals surface area contributed by atoms with Crippen molar-refractivity contribution in [1.29, 1.82) is 0 Å². The Kier molecular flexibility index (Phi) is 4.56. The molecule has 1 spiro atoms. The molecule has 8 nitrogen and oxygen atoms in total. The maximum Gasteiger partial charge on any atom is 0.313 e. The van der Waals surface area contributed by atoms with E-state index in [-0.39, 0.29) is 40.3 Å². The third kappa shape index (κ3) is 2.81. The van der Waals surface area contributed by atoms with Crippen molar-refractivity contribution in [3.8, 4) is 0 Å². The zero-order chi connectivity index (χ0) is 22.8. The van der Waals surface area contributed by atoms with Gasteiger partial charge in [0, 0.05) is 28.8 Å². The summed E-state index contributed by atoms with van der Waals surface area (Å²) in [6, 6.07) is 1.80. The summed E-state index contributed by atoms with van der Waals surface area (Å²) in [7, 11) is 0. The molecule has 0 N–H and O–H groups in total. The summed E-state index contributed by atoms with van der Waals surface area (Å²) in [6.45, 7) is 2.48. The fourth-order valence-electron chi connectivity index (χ4n) is 6.80. The lowest BCUT2D eigenvalue weighted by molar-refractivity contribution is -0.148. The molecule has 4 heterocycles. The van der Waals surface area contributed by atoms with Crippen LogP contribution in [0.5, 0.6) is 0 Å². The lowest BCUT2D eigenvalue weighted by Crippen LogP contribution is -2.57. The van der Waals surface area contributed by atoms with Crippen LogP contribution in [0.4, 0.5) is 0 Å². The van der Waals surface area contributed by atoms with Crippen LogP contribution in [0.15, 0.2) is 53.9 Å². The van der Waals surface area contributed by atoms with Gasteiger partial charge in [0.2, 0.25) is 0 Å². The molecule has 33 heavy (non-hydrogen) atoms. The Balaban J connectivity index is 1.43. The van der Waals surface area contributed by atoms with Crippen molar-refractivity contribution < 1.29 is 28.2 Å². The van der Waals surface area contributed by atoms with Gasteiger partial charge in [-0.3, -0.25) is 14.2 Å². The first-order valence-corrected chi connectivity index (χ1v) is 11.6. The Morgan fingerprint density at radius 3 is 3.00 bits per heavy atom. The molecular weight excluding hydrogens is 444 g/mol. The van der Waals surface area contributed by atoms with Crippen molar-refractivity contribution in [3.05, 3.63) is 55.0 Å². The molecule has 172 valence electrons. The Bertz CT molecular complexity index is 1130. The second-order valence-corrected chi connectivity index (χ2v) is 10.0. The average Bonchev–Trinajstić information content (AvgIpc) is 3.60. The molecule has 9 heteroatoms. The molecule has 2 aliphatic heterocycles. The van der Waals surface area contributed by atoms with Gasteiger partial charge < -0.3 is 18.6 Å². The molecule has 4 aliphatic rings. The van der Waals surface area contributed by atoms with Crippen molar-refractivity contribution in [3.63, 3.8) is 0 Å². The summed E-state index contributed by atoms with van der Waals surface area (Å²) in [5.74, 6) is -0.962. The minimum absolute atomic E-state index is 0.0152. The molecule has 0 radical (unpaired) electrons. The zero-order valence-corrected chi connectivity index (χ0v) is 18.9. The van der Waals surface area contributed by atoms with Crippen LogP contribution in [-0.2, 0) is 23.8 Å². The van der Waals surface area contributed by atoms with Gasteiger partial charge in [-0.25, -0.2) is 4.98 Å². The second-order valence-electron chi connectivity index (χ2n) is 9.68. The van der Waals surface area contributed by atoms with Crippen LogP contribution in [0.2, 0.25) is 0 Å². The number of furan rings is 1. The Hall–Kier alpha value is -2.94. The predicted molar refractivity (Wildman–Crippen MR) is 118 cm³/mol. The number of hydrogen-bond acceptors (Lipinski definition) is 8. The van der Waals surface area contributed by atoms with Crippen LogP contribution in [0, 0.1) is 28.6 Å². The van der Waals surface area contributed by atoms with Crippen LogP contribution in [-0.4, -0.2) is 39.4 Å². The Morgan fingerprint density at radius 2 is 2.24 bits per heavy atom. The van der Waals surface area contributed by atoms with Gasteiger partial charge in [0.25, 0.3) is 5.17 Å². The fraction of sp³-hybridized carbons (Fsp3) is 0.500. The minimum atomic E-state index is -0.671. The summed E-state index contributed by atoms with van der Waals surface area (Å²) in [5.41, 5.74) is -0.188. The van der Waals surface area contributed by atoms with Gasteiger partial charge in [-0.15, -0.1) is 0 Å². The molecule has 2 aromatic heterocycles. The summed E-state index contributed by atoms with van der Waals surface area (Å²) in [6.07, 6.45) is 12.9. The number of cyclic esters (lactones) is 2. The smallest absolute Gasteiger partial charge is 0.313 e. The summed E-state index contributed by atoms with van der Waals surface area (Å²) < 4.78 is 24.9. The number of carbonyl (C=O) groups excluding carboxylic acids is 2.